The maximum atomic E-state index is 7.75. The monoisotopic (exact) mass is 180 g/mol. The quantitative estimate of drug-likeness (QED) is 0.307. The predicted octanol–water partition coefficient (Wildman–Crippen LogP) is -0.237. The van der Waals surface area contributed by atoms with Gasteiger partial charge in [0.05, 0.1) is 0 Å². The summed E-state index contributed by atoms with van der Waals surface area (Å²) >= 11 is 7.43. The first-order chi connectivity index (χ1) is 2.73. The molecule has 0 radical (unpaired) electrons. The van der Waals surface area contributed by atoms with Crippen LogP contribution in [0.25, 0.3) is 5.73 Å². The molecule has 7 heavy (non-hydrogen) atoms. The first kappa shape index (κ1) is 15.7. The van der Waals surface area contributed by atoms with E-state index in [1.807, 2.05) is 0 Å². The summed E-state index contributed by atoms with van der Waals surface area (Å²) in [5.74, 6) is 0. The Bertz CT molecular complexity index is 47.0. The third kappa shape index (κ3) is 935. The Kier molecular flexibility index (Phi) is 36.2. The maximum absolute atomic E-state index is 7.75. The van der Waals surface area contributed by atoms with Crippen LogP contribution >= 0.6 is 24.8 Å². The Morgan fingerprint density at radius 2 is 1.71 bits per heavy atom. The molecule has 0 aliphatic rings. The van der Waals surface area contributed by atoms with Crippen molar-refractivity contribution in [2.45, 2.75) is 0 Å². The summed E-state index contributed by atoms with van der Waals surface area (Å²) in [6.45, 7) is 0. The third-order valence-electron chi connectivity index (χ3n) is 0. The summed E-state index contributed by atoms with van der Waals surface area (Å²) in [4.78, 5) is 7.75. The molecule has 0 aliphatic carbocycles. The summed E-state index contributed by atoms with van der Waals surface area (Å²) in [5.41, 5.74) is 9.43. The first-order valence-electron chi connectivity index (χ1n) is 0.913. The van der Waals surface area contributed by atoms with Gasteiger partial charge in [0.1, 0.15) is 0 Å². The van der Waals surface area contributed by atoms with Gasteiger partial charge in [-0.05, 0) is 9.91 Å². The van der Waals surface area contributed by atoms with Crippen molar-refractivity contribution in [1.82, 2.24) is 0 Å². The Hall–Kier alpha value is 0.359. The molecule has 0 aromatic heterocycles. The van der Waals surface area contributed by atoms with Crippen LogP contribution in [0, 0.1) is 4.91 Å². The average Bonchev–Trinajstić information content (AvgIpc) is 1.41. The number of hydrogen-bond donors (Lipinski definition) is 2. The molecule has 0 heterocycles. The molecule has 0 rings (SSSR count). The molecule has 0 aliphatic heterocycles. The molecule has 0 aromatic rings. The molecule has 0 saturated heterocycles. The number of thiol groups is 1. The van der Waals surface area contributed by atoms with E-state index in [2.05, 4.69) is 30.4 Å². The molecule has 0 spiro atoms. The SMILES string of the molecule is [Fe].[NH-]C(=S)S.[NH2+]=O. The van der Waals surface area contributed by atoms with Crippen molar-refractivity contribution < 1.29 is 22.7 Å². The van der Waals surface area contributed by atoms with E-state index >= 15 is 0 Å². The molecule has 0 fully saturated rings. The molecule has 0 aromatic carbocycles. The maximum Gasteiger partial charge on any atom is 0.0125 e. The van der Waals surface area contributed by atoms with Crippen molar-refractivity contribution in [2.24, 2.45) is 0 Å². The van der Waals surface area contributed by atoms with Gasteiger partial charge in [-0.15, -0.1) is 0 Å². The van der Waals surface area contributed by atoms with Crippen LogP contribution in [-0.4, -0.2) is 4.32 Å². The number of nitrogens with one attached hydrogen (secondary N) is 1. The summed E-state index contributed by atoms with van der Waals surface area (Å²) in [6, 6.07) is 0. The van der Waals surface area contributed by atoms with Gasteiger partial charge in [0.25, 0.3) is 0 Å². The number of nitrogens with two attached hydrogens (primary N) is 1. The normalized spacial score (nSPS) is 4.14. The fraction of sp³-hybridized carbons (Fsp3) is 0. The Balaban J connectivity index is -0.0000000480. The van der Waals surface area contributed by atoms with Crippen molar-refractivity contribution in [3.8, 4) is 0 Å². The predicted molar refractivity (Wildman–Crippen MR) is 31.2 cm³/mol. The molecule has 0 atom stereocenters. The first-order valence-corrected chi connectivity index (χ1v) is 1.77. The van der Waals surface area contributed by atoms with Crippen molar-refractivity contribution in [3.63, 3.8) is 0 Å². The zero-order valence-corrected chi connectivity index (χ0v) is 6.01. The van der Waals surface area contributed by atoms with Gasteiger partial charge in [0, 0.05) is 22.0 Å². The van der Waals surface area contributed by atoms with Crippen molar-refractivity contribution in [3.05, 3.63) is 10.6 Å². The van der Waals surface area contributed by atoms with Gasteiger partial charge >= 0.3 is 0 Å². The summed E-state index contributed by atoms with van der Waals surface area (Å²) < 4.78 is -0.0556. The summed E-state index contributed by atoms with van der Waals surface area (Å²) in [7, 11) is 0. The van der Waals surface area contributed by atoms with Gasteiger partial charge in [-0.2, -0.15) is 12.6 Å². The molecule has 44 valence electrons. The molecule has 3 nitrogen and oxygen atoms in total. The summed E-state index contributed by atoms with van der Waals surface area (Å²) in [6.07, 6.45) is 0. The Morgan fingerprint density at radius 3 is 1.71 bits per heavy atom. The smallest absolute Gasteiger partial charge is 0.0125 e. The van der Waals surface area contributed by atoms with Crippen LogP contribution in [0.15, 0.2) is 0 Å². The van der Waals surface area contributed by atoms with E-state index in [4.69, 9.17) is 10.6 Å². The minimum Gasteiger partial charge on any atom is -0.684 e. The van der Waals surface area contributed by atoms with Gasteiger partial charge in [-0.25, -0.2) is 0 Å². The van der Waals surface area contributed by atoms with E-state index in [1.54, 1.807) is 0 Å². The van der Waals surface area contributed by atoms with Gasteiger partial charge < -0.3 is 5.73 Å². The fourth-order valence-electron chi connectivity index (χ4n) is 0. The molecule has 0 amide bonds. The van der Waals surface area contributed by atoms with Gasteiger partial charge in [-0.3, -0.25) is 0 Å². The second-order valence-electron chi connectivity index (χ2n) is 0.305. The minimum atomic E-state index is -0.0556. The van der Waals surface area contributed by atoms with E-state index in [9.17, 15) is 0 Å². The van der Waals surface area contributed by atoms with Crippen molar-refractivity contribution in [1.29, 1.82) is 0 Å². The van der Waals surface area contributed by atoms with E-state index in [0.717, 1.165) is 0 Å². The zero-order chi connectivity index (χ0) is 5.58. The van der Waals surface area contributed by atoms with E-state index in [0.29, 0.717) is 0 Å². The van der Waals surface area contributed by atoms with Crippen LogP contribution in [0.4, 0.5) is 0 Å². The van der Waals surface area contributed by atoms with Crippen LogP contribution in [0.2, 0.25) is 0 Å². The minimum absolute atomic E-state index is 0. The number of thiocarbonyl (C=S) groups is 1. The van der Waals surface area contributed by atoms with Crippen LogP contribution < -0.4 is 5.59 Å². The fourth-order valence-corrected chi connectivity index (χ4v) is 0. The standard InChI is InChI=1S/CH3NS2.Fe.H2NO/c2-1(3)4;;1-2/h(H3,2,3,4);;1H2/q;;+1/p-1. The molecule has 0 saturated carbocycles. The molecule has 0 bridgehead atoms. The molecule has 0 unspecified atom stereocenters. The largest absolute Gasteiger partial charge is 0.684 e. The van der Waals surface area contributed by atoms with Crippen molar-refractivity contribution >= 4 is 29.2 Å². The van der Waals surface area contributed by atoms with Gasteiger partial charge in [-0.1, -0.05) is 12.2 Å². The Morgan fingerprint density at radius 1 is 1.71 bits per heavy atom. The topological polar surface area (TPSA) is 66.5 Å². The number of nitroso groups, excluding NO2 is 1. The van der Waals surface area contributed by atoms with Crippen LogP contribution in [0.5, 0.6) is 0 Å². The van der Waals surface area contributed by atoms with E-state index in [-0.39, 0.29) is 21.4 Å². The second kappa shape index (κ2) is 16.2. The van der Waals surface area contributed by atoms with E-state index in [1.165, 1.54) is 0 Å². The number of hydrogen-bond acceptors (Lipinski definition) is 2. The third-order valence-corrected chi connectivity index (χ3v) is 0. The summed E-state index contributed by atoms with van der Waals surface area (Å²) in [5, 5.41) is 0. The molecular formula is CH4FeN2OS2. The number of rotatable bonds is 0. The van der Waals surface area contributed by atoms with Crippen molar-refractivity contribution in [2.75, 3.05) is 0 Å². The van der Waals surface area contributed by atoms with Gasteiger partial charge in [0.2, 0.25) is 0 Å². The molecular weight excluding hydrogens is 176 g/mol. The molecule has 6 heteroatoms. The zero-order valence-electron chi connectivity index (χ0n) is 3.19. The Labute approximate surface area is 62.7 Å². The average molecular weight is 180 g/mol. The van der Waals surface area contributed by atoms with E-state index < -0.39 is 0 Å². The second-order valence-corrected chi connectivity index (χ2v) is 1.46. The van der Waals surface area contributed by atoms with Crippen LogP contribution in [-0.2, 0) is 17.1 Å². The van der Waals surface area contributed by atoms with Gasteiger partial charge in [0.15, 0.2) is 0 Å². The van der Waals surface area contributed by atoms with Crippen LogP contribution in [0.3, 0.4) is 0 Å². The van der Waals surface area contributed by atoms with Crippen LogP contribution in [0.1, 0.15) is 0 Å². The molecule has 3 N–H and O–H groups in total.